The van der Waals surface area contributed by atoms with E-state index in [9.17, 15) is 9.90 Å². The predicted octanol–water partition coefficient (Wildman–Crippen LogP) is 1.90. The molecule has 0 amide bonds. The largest absolute Gasteiger partial charge is 0.478 e. The van der Waals surface area contributed by atoms with Gasteiger partial charge < -0.3 is 14.9 Å². The van der Waals surface area contributed by atoms with Crippen LogP contribution in [-0.2, 0) is 19.4 Å². The fourth-order valence-corrected chi connectivity index (χ4v) is 2.03. The van der Waals surface area contributed by atoms with Gasteiger partial charge in [0.25, 0.3) is 0 Å². The molecule has 0 spiro atoms. The molecule has 0 aliphatic heterocycles. The van der Waals surface area contributed by atoms with E-state index in [4.69, 9.17) is 4.52 Å². The second-order valence-corrected chi connectivity index (χ2v) is 4.21. The molecule has 7 nitrogen and oxygen atoms in total. The van der Waals surface area contributed by atoms with Crippen molar-refractivity contribution < 1.29 is 14.4 Å². The van der Waals surface area contributed by atoms with Gasteiger partial charge in [-0.15, -0.1) is 5.10 Å². The van der Waals surface area contributed by atoms with Crippen LogP contribution in [0.4, 0.5) is 5.82 Å². The summed E-state index contributed by atoms with van der Waals surface area (Å²) in [6, 6.07) is 1.70. The summed E-state index contributed by atoms with van der Waals surface area (Å²) in [5.41, 5.74) is 2.29. The number of carboxylic acids is 1. The van der Waals surface area contributed by atoms with Gasteiger partial charge in [-0.3, -0.25) is 0 Å². The number of nitrogens with one attached hydrogen (secondary N) is 1. The Balaban J connectivity index is 2.34. The first-order chi connectivity index (χ1) is 9.67. The summed E-state index contributed by atoms with van der Waals surface area (Å²) in [5, 5.41) is 24.2. The van der Waals surface area contributed by atoms with Crippen LogP contribution in [0.15, 0.2) is 16.9 Å². The number of anilines is 1. The molecule has 0 bridgehead atoms. The van der Waals surface area contributed by atoms with Gasteiger partial charge >= 0.3 is 5.97 Å². The molecule has 0 aromatic carbocycles. The van der Waals surface area contributed by atoms with Crippen LogP contribution in [0.3, 0.4) is 0 Å². The Hall–Kier alpha value is -2.44. The van der Waals surface area contributed by atoms with Crippen molar-refractivity contribution in [2.75, 3.05) is 5.32 Å². The van der Waals surface area contributed by atoms with Crippen molar-refractivity contribution in [2.24, 2.45) is 0 Å². The van der Waals surface area contributed by atoms with Crippen molar-refractivity contribution in [3.8, 4) is 0 Å². The number of rotatable bonds is 6. The number of hydrogen-bond acceptors (Lipinski definition) is 6. The topological polar surface area (TPSA) is 101 Å². The van der Waals surface area contributed by atoms with Crippen LogP contribution >= 0.6 is 0 Å². The summed E-state index contributed by atoms with van der Waals surface area (Å²) in [4.78, 5) is 11.5. The van der Waals surface area contributed by atoms with Crippen molar-refractivity contribution in [1.29, 1.82) is 0 Å². The lowest BCUT2D eigenvalue weighted by Crippen LogP contribution is -2.15. The summed E-state index contributed by atoms with van der Waals surface area (Å²) in [5.74, 6) is -0.747. The van der Waals surface area contributed by atoms with Crippen LogP contribution in [0.2, 0.25) is 0 Å². The number of hydrogen-bond donors (Lipinski definition) is 2. The van der Waals surface area contributed by atoms with Crippen LogP contribution in [0.5, 0.6) is 0 Å². The third-order valence-corrected chi connectivity index (χ3v) is 2.99. The molecule has 20 heavy (non-hydrogen) atoms. The summed E-state index contributed by atoms with van der Waals surface area (Å²) in [6.07, 6.45) is 2.71. The summed E-state index contributed by atoms with van der Waals surface area (Å²) < 4.78 is 4.72. The second-order valence-electron chi connectivity index (χ2n) is 4.21. The van der Waals surface area contributed by atoms with E-state index in [2.05, 4.69) is 20.7 Å². The van der Waals surface area contributed by atoms with Gasteiger partial charge in [-0.2, -0.15) is 5.10 Å². The second kappa shape index (κ2) is 6.14. The van der Waals surface area contributed by atoms with E-state index in [-0.39, 0.29) is 11.4 Å². The number of aromatic nitrogens is 3. The van der Waals surface area contributed by atoms with Crippen LogP contribution in [0, 0.1) is 0 Å². The van der Waals surface area contributed by atoms with Crippen LogP contribution < -0.4 is 5.32 Å². The molecule has 2 rings (SSSR count). The SMILES string of the molecule is CCc1nnc(NCc2ccon2)c(C(=O)O)c1CC. The monoisotopic (exact) mass is 276 g/mol. The molecule has 2 heterocycles. The van der Waals surface area contributed by atoms with E-state index in [0.29, 0.717) is 25.1 Å². The van der Waals surface area contributed by atoms with E-state index in [0.717, 1.165) is 11.3 Å². The standard InChI is InChI=1S/C13H16N4O3/c1-3-9-10(4-2)15-16-12(11(9)13(18)19)14-7-8-5-6-20-17-8/h5-6H,3-4,7H2,1-2H3,(H,14,16)(H,18,19). The third kappa shape index (κ3) is 2.76. The van der Waals surface area contributed by atoms with Gasteiger partial charge in [0.05, 0.1) is 12.2 Å². The molecule has 7 heteroatoms. The smallest absolute Gasteiger partial charge is 0.339 e. The molecule has 2 N–H and O–H groups in total. The quantitative estimate of drug-likeness (QED) is 0.830. The number of carbonyl (C=O) groups is 1. The predicted molar refractivity (Wildman–Crippen MR) is 71.6 cm³/mol. The Bertz CT molecular complexity index is 596. The van der Waals surface area contributed by atoms with Crippen molar-refractivity contribution >= 4 is 11.8 Å². The Kier molecular flexibility index (Phi) is 4.29. The summed E-state index contributed by atoms with van der Waals surface area (Å²) in [7, 11) is 0. The number of nitrogens with zero attached hydrogens (tertiary/aromatic N) is 3. The van der Waals surface area contributed by atoms with Gasteiger partial charge in [0.15, 0.2) is 5.82 Å². The maximum Gasteiger partial charge on any atom is 0.339 e. The average Bonchev–Trinajstić information content (AvgIpc) is 2.96. The first kappa shape index (κ1) is 14.0. The number of carboxylic acid groups (broad SMARTS) is 1. The zero-order chi connectivity index (χ0) is 14.5. The average molecular weight is 276 g/mol. The Morgan fingerprint density at radius 2 is 2.15 bits per heavy atom. The fourth-order valence-electron chi connectivity index (χ4n) is 2.03. The van der Waals surface area contributed by atoms with E-state index >= 15 is 0 Å². The third-order valence-electron chi connectivity index (χ3n) is 2.99. The van der Waals surface area contributed by atoms with Gasteiger partial charge in [-0.1, -0.05) is 19.0 Å². The molecule has 2 aromatic heterocycles. The molecule has 106 valence electrons. The maximum absolute atomic E-state index is 11.5. The van der Waals surface area contributed by atoms with E-state index in [1.807, 2.05) is 13.8 Å². The van der Waals surface area contributed by atoms with Crippen LogP contribution in [-0.4, -0.2) is 26.4 Å². The zero-order valence-electron chi connectivity index (χ0n) is 11.4. The fraction of sp³-hybridized carbons (Fsp3) is 0.385. The van der Waals surface area contributed by atoms with E-state index in [1.54, 1.807) is 6.07 Å². The van der Waals surface area contributed by atoms with Gasteiger partial charge in [-0.25, -0.2) is 4.79 Å². The summed E-state index contributed by atoms with van der Waals surface area (Å²) in [6.45, 7) is 4.17. The van der Waals surface area contributed by atoms with Gasteiger partial charge in [-0.05, 0) is 18.4 Å². The Morgan fingerprint density at radius 1 is 1.35 bits per heavy atom. The van der Waals surface area contributed by atoms with Crippen molar-refractivity contribution in [3.63, 3.8) is 0 Å². The van der Waals surface area contributed by atoms with Gasteiger partial charge in [0.2, 0.25) is 0 Å². The molecule has 0 unspecified atom stereocenters. The molecule has 0 radical (unpaired) electrons. The first-order valence-electron chi connectivity index (χ1n) is 6.42. The maximum atomic E-state index is 11.5. The zero-order valence-corrected chi connectivity index (χ0v) is 11.4. The molecule has 2 aromatic rings. The minimum atomic E-state index is -1.01. The minimum Gasteiger partial charge on any atom is -0.478 e. The molecule has 0 saturated carbocycles. The highest BCUT2D eigenvalue weighted by molar-refractivity contribution is 5.95. The van der Waals surface area contributed by atoms with Crippen molar-refractivity contribution in [2.45, 2.75) is 33.2 Å². The van der Waals surface area contributed by atoms with Gasteiger partial charge in [0.1, 0.15) is 17.5 Å². The molecule has 0 aliphatic carbocycles. The van der Waals surface area contributed by atoms with Crippen LogP contribution in [0.25, 0.3) is 0 Å². The molecular weight excluding hydrogens is 260 g/mol. The normalized spacial score (nSPS) is 10.5. The number of aryl methyl sites for hydroxylation is 1. The lowest BCUT2D eigenvalue weighted by atomic mass is 10.0. The molecule has 0 aliphatic rings. The lowest BCUT2D eigenvalue weighted by Gasteiger charge is -2.12. The molecule has 0 atom stereocenters. The highest BCUT2D eigenvalue weighted by atomic mass is 16.5. The van der Waals surface area contributed by atoms with Gasteiger partial charge in [0, 0.05) is 6.07 Å². The highest BCUT2D eigenvalue weighted by Gasteiger charge is 2.20. The van der Waals surface area contributed by atoms with E-state index < -0.39 is 5.97 Å². The van der Waals surface area contributed by atoms with Crippen LogP contribution in [0.1, 0.15) is 41.2 Å². The minimum absolute atomic E-state index is 0.183. The lowest BCUT2D eigenvalue weighted by molar-refractivity contribution is 0.0696. The Morgan fingerprint density at radius 3 is 2.70 bits per heavy atom. The van der Waals surface area contributed by atoms with E-state index in [1.165, 1.54) is 6.26 Å². The highest BCUT2D eigenvalue weighted by Crippen LogP contribution is 2.21. The summed E-state index contributed by atoms with van der Waals surface area (Å²) >= 11 is 0. The molecular formula is C13H16N4O3. The van der Waals surface area contributed by atoms with Crippen molar-refractivity contribution in [1.82, 2.24) is 15.4 Å². The first-order valence-corrected chi connectivity index (χ1v) is 6.42. The molecule has 0 fully saturated rings. The Labute approximate surface area is 116 Å². The molecule has 0 saturated heterocycles. The number of aromatic carboxylic acids is 1. The van der Waals surface area contributed by atoms with Crippen molar-refractivity contribution in [3.05, 3.63) is 34.8 Å².